The van der Waals surface area contributed by atoms with Crippen LogP contribution in [-0.2, 0) is 4.79 Å². The predicted octanol–water partition coefficient (Wildman–Crippen LogP) is 5.22. The van der Waals surface area contributed by atoms with E-state index in [0.717, 1.165) is 11.4 Å². The summed E-state index contributed by atoms with van der Waals surface area (Å²) in [6, 6.07) is 8.07. The first-order valence-corrected chi connectivity index (χ1v) is 10.3. The zero-order chi connectivity index (χ0) is 20.3. The average molecular weight is 406 g/mol. The summed E-state index contributed by atoms with van der Waals surface area (Å²) >= 11 is 1.59. The van der Waals surface area contributed by atoms with Gasteiger partial charge in [0.15, 0.2) is 0 Å². The van der Waals surface area contributed by atoms with E-state index >= 15 is 0 Å². The number of carbonyl (C=O) groups is 1. The number of pyridine rings is 1. The number of rotatable bonds is 6. The molecule has 1 saturated heterocycles. The zero-order valence-corrected chi connectivity index (χ0v) is 16.8. The van der Waals surface area contributed by atoms with E-state index < -0.39 is 17.6 Å². The summed E-state index contributed by atoms with van der Waals surface area (Å²) in [7, 11) is 0. The van der Waals surface area contributed by atoms with Gasteiger partial charge in [-0.1, -0.05) is 19.9 Å². The third kappa shape index (κ3) is 5.01. The van der Waals surface area contributed by atoms with Gasteiger partial charge in [-0.3, -0.25) is 4.79 Å². The third-order valence-electron chi connectivity index (χ3n) is 4.69. The molecule has 0 aliphatic carbocycles. The second-order valence-corrected chi connectivity index (χ2v) is 8.97. The second kappa shape index (κ2) is 8.90. The van der Waals surface area contributed by atoms with Crippen molar-refractivity contribution in [1.29, 1.82) is 0 Å². The fourth-order valence-corrected chi connectivity index (χ4v) is 4.37. The number of aromatic nitrogens is 1. The molecule has 1 unspecified atom stereocenters. The lowest BCUT2D eigenvalue weighted by Crippen LogP contribution is -2.37. The van der Waals surface area contributed by atoms with E-state index in [1.54, 1.807) is 22.7 Å². The molecule has 3 rings (SSSR count). The van der Waals surface area contributed by atoms with E-state index in [-0.39, 0.29) is 18.0 Å². The predicted molar refractivity (Wildman–Crippen MR) is 108 cm³/mol. The van der Waals surface area contributed by atoms with Gasteiger partial charge in [-0.05, 0) is 43.0 Å². The topological polar surface area (TPSA) is 53.4 Å². The van der Waals surface area contributed by atoms with Crippen molar-refractivity contribution in [2.75, 3.05) is 18.0 Å². The summed E-state index contributed by atoms with van der Waals surface area (Å²) in [6.07, 6.45) is 1.49. The summed E-state index contributed by atoms with van der Waals surface area (Å²) in [4.78, 5) is 17.1. The molecule has 1 aliphatic rings. The number of hydrogen-bond donors (Lipinski definition) is 1. The zero-order valence-electron chi connectivity index (χ0n) is 16.0. The van der Waals surface area contributed by atoms with Gasteiger partial charge < -0.3 is 10.0 Å². The van der Waals surface area contributed by atoms with Crippen LogP contribution in [0.1, 0.15) is 33.1 Å². The fraction of sp³-hybridized carbons (Fsp3) is 0.429. The van der Waals surface area contributed by atoms with Crippen molar-refractivity contribution in [2.45, 2.75) is 43.4 Å². The van der Waals surface area contributed by atoms with Crippen molar-refractivity contribution in [3.8, 4) is 11.3 Å². The van der Waals surface area contributed by atoms with Crippen molar-refractivity contribution in [3.63, 3.8) is 0 Å². The SMILES string of the molecule is CC(C)Sc1cccc(-c2cc(F)c(N3CCCC(CC(=O)O)C3)c(F)c2)n1. The number of nitrogens with zero attached hydrogens (tertiary/aromatic N) is 2. The molecule has 1 aliphatic heterocycles. The molecule has 1 aromatic carbocycles. The molecule has 1 N–H and O–H groups in total. The molecule has 28 heavy (non-hydrogen) atoms. The van der Waals surface area contributed by atoms with Crippen molar-refractivity contribution >= 4 is 23.4 Å². The number of anilines is 1. The minimum Gasteiger partial charge on any atom is -0.481 e. The van der Waals surface area contributed by atoms with E-state index in [4.69, 9.17) is 5.11 Å². The van der Waals surface area contributed by atoms with Crippen LogP contribution in [0.2, 0.25) is 0 Å². The summed E-state index contributed by atoms with van der Waals surface area (Å²) < 4.78 is 29.7. The molecule has 2 heterocycles. The van der Waals surface area contributed by atoms with Crippen LogP contribution in [-0.4, -0.2) is 34.4 Å². The number of thioether (sulfide) groups is 1. The van der Waals surface area contributed by atoms with Gasteiger partial charge in [-0.15, -0.1) is 11.8 Å². The minimum atomic E-state index is -0.881. The normalized spacial score (nSPS) is 17.2. The Morgan fingerprint density at radius 3 is 2.68 bits per heavy atom. The van der Waals surface area contributed by atoms with Crippen LogP contribution in [0.15, 0.2) is 35.4 Å². The summed E-state index contributed by atoms with van der Waals surface area (Å²) in [5, 5.41) is 10.2. The van der Waals surface area contributed by atoms with Crippen LogP contribution in [0.3, 0.4) is 0 Å². The number of aliphatic carboxylic acids is 1. The highest BCUT2D eigenvalue weighted by molar-refractivity contribution is 7.99. The Labute approximate surface area is 168 Å². The maximum Gasteiger partial charge on any atom is 0.303 e. The van der Waals surface area contributed by atoms with E-state index in [0.29, 0.717) is 36.0 Å². The Kier molecular flexibility index (Phi) is 6.54. The standard InChI is InChI=1S/C21H24F2N2O2S/c1-13(2)28-19-7-3-6-18(24-19)15-10-16(22)21(17(23)11-15)25-8-4-5-14(12-25)9-20(26)27/h3,6-7,10-11,13-14H,4-5,8-9,12H2,1-2H3,(H,26,27). The minimum absolute atomic E-state index is 0.0159. The average Bonchev–Trinajstić information content (AvgIpc) is 2.60. The summed E-state index contributed by atoms with van der Waals surface area (Å²) in [5.41, 5.74) is 0.841. The lowest BCUT2D eigenvalue weighted by atomic mass is 9.94. The van der Waals surface area contributed by atoms with Gasteiger partial charge in [-0.25, -0.2) is 13.8 Å². The van der Waals surface area contributed by atoms with E-state index in [1.165, 1.54) is 12.1 Å². The molecule has 150 valence electrons. The molecule has 1 fully saturated rings. The summed E-state index contributed by atoms with van der Waals surface area (Å²) in [6.45, 7) is 4.98. The maximum absolute atomic E-state index is 14.9. The molecule has 0 bridgehead atoms. The molecule has 0 saturated carbocycles. The van der Waals surface area contributed by atoms with Crippen LogP contribution in [0, 0.1) is 17.6 Å². The van der Waals surface area contributed by atoms with Crippen LogP contribution in [0.4, 0.5) is 14.5 Å². The van der Waals surface area contributed by atoms with Crippen molar-refractivity contribution in [2.24, 2.45) is 5.92 Å². The Bertz CT molecular complexity index is 837. The van der Waals surface area contributed by atoms with Gasteiger partial charge in [0, 0.05) is 30.3 Å². The smallest absolute Gasteiger partial charge is 0.303 e. The van der Waals surface area contributed by atoms with Gasteiger partial charge in [0.2, 0.25) is 0 Å². The maximum atomic E-state index is 14.9. The van der Waals surface area contributed by atoms with E-state index in [9.17, 15) is 13.6 Å². The molecule has 2 aromatic rings. The Hall–Kier alpha value is -2.15. The number of carboxylic acids is 1. The number of hydrogen-bond acceptors (Lipinski definition) is 4. The van der Waals surface area contributed by atoms with Gasteiger partial charge in [0.05, 0.1) is 10.7 Å². The Morgan fingerprint density at radius 1 is 1.32 bits per heavy atom. The first kappa shape index (κ1) is 20.6. The van der Waals surface area contributed by atoms with Crippen LogP contribution in [0.5, 0.6) is 0 Å². The highest BCUT2D eigenvalue weighted by Gasteiger charge is 2.26. The first-order valence-electron chi connectivity index (χ1n) is 9.43. The van der Waals surface area contributed by atoms with Gasteiger partial charge in [0.25, 0.3) is 0 Å². The number of halogens is 2. The van der Waals surface area contributed by atoms with E-state index in [2.05, 4.69) is 18.8 Å². The molecule has 1 aromatic heterocycles. The summed E-state index contributed by atoms with van der Waals surface area (Å²) in [5.74, 6) is -2.27. The number of piperidine rings is 1. The molecule has 4 nitrogen and oxygen atoms in total. The molecule has 0 radical (unpaired) electrons. The van der Waals surface area contributed by atoms with Crippen LogP contribution in [0.25, 0.3) is 11.3 Å². The quantitative estimate of drug-likeness (QED) is 0.667. The number of carboxylic acid groups (broad SMARTS) is 1. The lowest BCUT2D eigenvalue weighted by molar-refractivity contribution is -0.138. The van der Waals surface area contributed by atoms with Crippen molar-refractivity contribution < 1.29 is 18.7 Å². The second-order valence-electron chi connectivity index (χ2n) is 7.37. The largest absolute Gasteiger partial charge is 0.481 e. The van der Waals surface area contributed by atoms with Crippen molar-refractivity contribution in [3.05, 3.63) is 42.0 Å². The highest BCUT2D eigenvalue weighted by Crippen LogP contribution is 2.33. The van der Waals surface area contributed by atoms with Crippen molar-refractivity contribution in [1.82, 2.24) is 4.98 Å². The molecule has 1 atom stereocenters. The molecular formula is C21H24F2N2O2S. The lowest BCUT2D eigenvalue weighted by Gasteiger charge is -2.34. The van der Waals surface area contributed by atoms with Gasteiger partial charge in [0.1, 0.15) is 17.3 Å². The Balaban J connectivity index is 1.86. The van der Waals surface area contributed by atoms with Crippen LogP contribution >= 0.6 is 11.8 Å². The molecule has 0 spiro atoms. The molecule has 7 heteroatoms. The van der Waals surface area contributed by atoms with E-state index in [1.807, 2.05) is 12.1 Å². The molecular weight excluding hydrogens is 382 g/mol. The number of benzene rings is 1. The third-order valence-corrected chi connectivity index (χ3v) is 5.63. The monoisotopic (exact) mass is 406 g/mol. The Morgan fingerprint density at radius 2 is 2.04 bits per heavy atom. The first-order chi connectivity index (χ1) is 13.3. The van der Waals surface area contributed by atoms with Gasteiger partial charge in [-0.2, -0.15) is 0 Å². The van der Waals surface area contributed by atoms with Gasteiger partial charge >= 0.3 is 5.97 Å². The van der Waals surface area contributed by atoms with Crippen LogP contribution < -0.4 is 4.90 Å². The molecule has 0 amide bonds. The highest BCUT2D eigenvalue weighted by atomic mass is 32.2. The fourth-order valence-electron chi connectivity index (χ4n) is 3.58.